The standard InChI is InChI=1S/C13H24N4O/c1-4-6-14-11(13-10(2)5-7-18-13)8-12-15-9-16-17(12)3/h9-11,13-14H,4-8H2,1-3H3. The largest absolute Gasteiger partial charge is 0.376 e. The highest BCUT2D eigenvalue weighted by Crippen LogP contribution is 2.24. The molecule has 102 valence electrons. The van der Waals surface area contributed by atoms with E-state index in [1.54, 1.807) is 6.33 Å². The number of nitrogens with zero attached hydrogens (tertiary/aromatic N) is 3. The molecule has 0 spiro atoms. The van der Waals surface area contributed by atoms with Crippen molar-refractivity contribution in [1.82, 2.24) is 20.1 Å². The molecule has 1 aliphatic heterocycles. The molecule has 0 bridgehead atoms. The number of nitrogens with one attached hydrogen (secondary N) is 1. The van der Waals surface area contributed by atoms with Gasteiger partial charge in [-0.15, -0.1) is 0 Å². The fourth-order valence-corrected chi connectivity index (χ4v) is 2.57. The molecule has 1 aliphatic rings. The fourth-order valence-electron chi connectivity index (χ4n) is 2.57. The highest BCUT2D eigenvalue weighted by molar-refractivity contribution is 4.94. The van der Waals surface area contributed by atoms with Crippen molar-refractivity contribution in [3.05, 3.63) is 12.2 Å². The van der Waals surface area contributed by atoms with Gasteiger partial charge in [0.1, 0.15) is 12.2 Å². The molecule has 1 fully saturated rings. The second-order valence-electron chi connectivity index (χ2n) is 5.17. The van der Waals surface area contributed by atoms with Gasteiger partial charge in [-0.1, -0.05) is 13.8 Å². The average molecular weight is 252 g/mol. The predicted molar refractivity (Wildman–Crippen MR) is 70.3 cm³/mol. The number of hydrogen-bond acceptors (Lipinski definition) is 4. The van der Waals surface area contributed by atoms with Crippen molar-refractivity contribution in [2.75, 3.05) is 13.2 Å². The van der Waals surface area contributed by atoms with Crippen LogP contribution in [0.5, 0.6) is 0 Å². The zero-order valence-corrected chi connectivity index (χ0v) is 11.6. The van der Waals surface area contributed by atoms with Gasteiger partial charge in [0.15, 0.2) is 0 Å². The second-order valence-corrected chi connectivity index (χ2v) is 5.17. The van der Waals surface area contributed by atoms with Gasteiger partial charge in [0.05, 0.1) is 6.10 Å². The second kappa shape index (κ2) is 6.29. The Morgan fingerprint density at radius 2 is 2.44 bits per heavy atom. The third-order valence-corrected chi connectivity index (χ3v) is 3.71. The monoisotopic (exact) mass is 252 g/mol. The predicted octanol–water partition coefficient (Wildman–Crippen LogP) is 1.15. The van der Waals surface area contributed by atoms with Crippen molar-refractivity contribution in [3.63, 3.8) is 0 Å². The van der Waals surface area contributed by atoms with Crippen LogP contribution in [-0.4, -0.2) is 40.1 Å². The SMILES string of the molecule is CCCNC(Cc1ncnn1C)C1OCCC1C. The summed E-state index contributed by atoms with van der Waals surface area (Å²) in [7, 11) is 1.94. The molecule has 0 saturated carbocycles. The molecule has 5 heteroatoms. The van der Waals surface area contributed by atoms with Gasteiger partial charge < -0.3 is 10.1 Å². The number of hydrogen-bond donors (Lipinski definition) is 1. The summed E-state index contributed by atoms with van der Waals surface area (Å²) >= 11 is 0. The van der Waals surface area contributed by atoms with E-state index in [1.807, 2.05) is 11.7 Å². The van der Waals surface area contributed by atoms with Crippen molar-refractivity contribution in [2.45, 2.75) is 45.3 Å². The molecule has 2 heterocycles. The summed E-state index contributed by atoms with van der Waals surface area (Å²) in [5.74, 6) is 1.64. The molecule has 1 aromatic heterocycles. The van der Waals surface area contributed by atoms with Gasteiger partial charge in [0.25, 0.3) is 0 Å². The molecule has 3 atom stereocenters. The zero-order valence-electron chi connectivity index (χ0n) is 11.6. The van der Waals surface area contributed by atoms with Gasteiger partial charge in [-0.3, -0.25) is 4.68 Å². The summed E-state index contributed by atoms with van der Waals surface area (Å²) in [4.78, 5) is 4.32. The molecule has 18 heavy (non-hydrogen) atoms. The molecular formula is C13H24N4O. The van der Waals surface area contributed by atoms with Gasteiger partial charge in [-0.25, -0.2) is 4.98 Å². The number of rotatable bonds is 6. The normalized spacial score (nSPS) is 25.5. The van der Waals surface area contributed by atoms with Crippen LogP contribution >= 0.6 is 0 Å². The quantitative estimate of drug-likeness (QED) is 0.825. The molecule has 1 N–H and O–H groups in total. The van der Waals surface area contributed by atoms with Crippen molar-refractivity contribution < 1.29 is 4.74 Å². The summed E-state index contributed by atoms with van der Waals surface area (Å²) in [6.45, 7) is 6.37. The smallest absolute Gasteiger partial charge is 0.138 e. The van der Waals surface area contributed by atoms with Crippen LogP contribution in [0.25, 0.3) is 0 Å². The fraction of sp³-hybridized carbons (Fsp3) is 0.846. The minimum absolute atomic E-state index is 0.299. The van der Waals surface area contributed by atoms with Crippen LogP contribution in [0.3, 0.4) is 0 Å². The Hall–Kier alpha value is -0.940. The van der Waals surface area contributed by atoms with Crippen molar-refractivity contribution >= 4 is 0 Å². The van der Waals surface area contributed by atoms with Crippen LogP contribution in [0.2, 0.25) is 0 Å². The van der Waals surface area contributed by atoms with Gasteiger partial charge in [-0.2, -0.15) is 5.10 Å². The van der Waals surface area contributed by atoms with Crippen LogP contribution in [-0.2, 0) is 18.2 Å². The van der Waals surface area contributed by atoms with E-state index in [-0.39, 0.29) is 0 Å². The molecular weight excluding hydrogens is 228 g/mol. The number of ether oxygens (including phenoxy) is 1. The molecule has 3 unspecified atom stereocenters. The summed E-state index contributed by atoms with van der Waals surface area (Å²) in [5, 5.41) is 7.73. The van der Waals surface area contributed by atoms with Crippen molar-refractivity contribution in [3.8, 4) is 0 Å². The highest BCUT2D eigenvalue weighted by atomic mass is 16.5. The molecule has 1 aromatic rings. The van der Waals surface area contributed by atoms with Crippen molar-refractivity contribution in [2.24, 2.45) is 13.0 Å². The Morgan fingerprint density at radius 3 is 3.00 bits per heavy atom. The van der Waals surface area contributed by atoms with Crippen LogP contribution in [0.1, 0.15) is 32.5 Å². The molecule has 1 saturated heterocycles. The third kappa shape index (κ3) is 3.09. The van der Waals surface area contributed by atoms with Gasteiger partial charge >= 0.3 is 0 Å². The van der Waals surface area contributed by atoms with E-state index in [2.05, 4.69) is 29.2 Å². The highest BCUT2D eigenvalue weighted by Gasteiger charge is 2.32. The van der Waals surface area contributed by atoms with E-state index < -0.39 is 0 Å². The first-order valence-electron chi connectivity index (χ1n) is 6.90. The van der Waals surface area contributed by atoms with Gasteiger partial charge in [0.2, 0.25) is 0 Å². The molecule has 0 aromatic carbocycles. The Kier molecular flexibility index (Phi) is 4.72. The molecule has 0 aliphatic carbocycles. The summed E-state index contributed by atoms with van der Waals surface area (Å²) in [6.07, 6.45) is 5.09. The topological polar surface area (TPSA) is 52.0 Å². The van der Waals surface area contributed by atoms with Crippen LogP contribution in [0.15, 0.2) is 6.33 Å². The number of aromatic nitrogens is 3. The Labute approximate surface area is 109 Å². The zero-order chi connectivity index (χ0) is 13.0. The maximum Gasteiger partial charge on any atom is 0.138 e. The Morgan fingerprint density at radius 1 is 1.61 bits per heavy atom. The summed E-state index contributed by atoms with van der Waals surface area (Å²) < 4.78 is 7.74. The maximum atomic E-state index is 5.89. The van der Waals surface area contributed by atoms with E-state index in [0.29, 0.717) is 18.1 Å². The van der Waals surface area contributed by atoms with E-state index in [1.165, 1.54) is 0 Å². The Bertz CT molecular complexity index is 366. The van der Waals surface area contributed by atoms with E-state index >= 15 is 0 Å². The molecule has 0 amide bonds. The lowest BCUT2D eigenvalue weighted by Gasteiger charge is -2.26. The minimum Gasteiger partial charge on any atom is -0.376 e. The van der Waals surface area contributed by atoms with Crippen LogP contribution in [0.4, 0.5) is 0 Å². The van der Waals surface area contributed by atoms with E-state index in [4.69, 9.17) is 4.74 Å². The first-order valence-corrected chi connectivity index (χ1v) is 6.90. The lowest BCUT2D eigenvalue weighted by atomic mass is 9.95. The van der Waals surface area contributed by atoms with Crippen LogP contribution < -0.4 is 5.32 Å². The average Bonchev–Trinajstić information content (AvgIpc) is 2.94. The molecule has 2 rings (SSSR count). The molecule has 5 nitrogen and oxygen atoms in total. The first kappa shape index (κ1) is 13.5. The first-order chi connectivity index (χ1) is 8.72. The van der Waals surface area contributed by atoms with Gasteiger partial charge in [0, 0.05) is 26.1 Å². The van der Waals surface area contributed by atoms with E-state index in [0.717, 1.165) is 38.2 Å². The lowest BCUT2D eigenvalue weighted by molar-refractivity contribution is 0.0601. The number of aryl methyl sites for hydroxylation is 1. The van der Waals surface area contributed by atoms with E-state index in [9.17, 15) is 0 Å². The lowest BCUT2D eigenvalue weighted by Crippen LogP contribution is -2.44. The maximum absolute atomic E-state index is 5.89. The molecule has 0 radical (unpaired) electrons. The summed E-state index contributed by atoms with van der Waals surface area (Å²) in [6, 6.07) is 0.338. The minimum atomic E-state index is 0.299. The summed E-state index contributed by atoms with van der Waals surface area (Å²) in [5.41, 5.74) is 0. The van der Waals surface area contributed by atoms with Crippen molar-refractivity contribution in [1.29, 1.82) is 0 Å². The van der Waals surface area contributed by atoms with Crippen LogP contribution in [0, 0.1) is 5.92 Å². The van der Waals surface area contributed by atoms with Gasteiger partial charge in [-0.05, 0) is 25.3 Å². The third-order valence-electron chi connectivity index (χ3n) is 3.71. The Balaban J connectivity index is 2.02.